The summed E-state index contributed by atoms with van der Waals surface area (Å²) < 4.78 is 40.3. The van der Waals surface area contributed by atoms with E-state index in [1.54, 1.807) is 18.2 Å². The van der Waals surface area contributed by atoms with Crippen molar-refractivity contribution in [3.63, 3.8) is 0 Å². The van der Waals surface area contributed by atoms with Gasteiger partial charge in [0.15, 0.2) is 11.5 Å². The Kier molecular flexibility index (Phi) is 5.05. The second-order valence-corrected chi connectivity index (χ2v) is 9.48. The van der Waals surface area contributed by atoms with Crippen molar-refractivity contribution in [3.8, 4) is 11.5 Å². The fourth-order valence-corrected chi connectivity index (χ4v) is 5.53. The standard InChI is InChI=1S/C23H22N2O6S/c26-23(27)15-10-11-25(14-15)19-9-8-18(16-4-1-2-5-17(16)19)24-32(28,29)21-7-3-6-20-22(21)31-13-12-30-20/h1-9,15,24H,10-14H2,(H,26,27)/t15-/m1/s1. The number of carboxylic acid groups (broad SMARTS) is 1. The number of fused-ring (bicyclic) bond motifs is 2. The molecule has 3 aromatic carbocycles. The van der Waals surface area contributed by atoms with Crippen LogP contribution in [0.25, 0.3) is 10.8 Å². The zero-order valence-corrected chi connectivity index (χ0v) is 18.0. The third-order valence-corrected chi connectivity index (χ3v) is 7.23. The Hall–Kier alpha value is -3.46. The van der Waals surface area contributed by atoms with Crippen LogP contribution in [0.1, 0.15) is 6.42 Å². The molecule has 5 rings (SSSR count). The maximum Gasteiger partial charge on any atom is 0.308 e. The summed E-state index contributed by atoms with van der Waals surface area (Å²) in [5.74, 6) is -0.581. The molecule has 2 N–H and O–H groups in total. The van der Waals surface area contributed by atoms with Gasteiger partial charge in [0.05, 0.1) is 11.6 Å². The molecule has 0 radical (unpaired) electrons. The second kappa shape index (κ2) is 7.90. The molecule has 1 saturated heterocycles. The minimum absolute atomic E-state index is 0.0201. The smallest absolute Gasteiger partial charge is 0.308 e. The molecule has 0 spiro atoms. The topological polar surface area (TPSA) is 105 Å². The lowest BCUT2D eigenvalue weighted by atomic mass is 10.1. The van der Waals surface area contributed by atoms with Crippen LogP contribution < -0.4 is 19.1 Å². The quantitative estimate of drug-likeness (QED) is 0.609. The number of nitrogens with one attached hydrogen (secondary N) is 1. The summed E-state index contributed by atoms with van der Waals surface area (Å²) in [5.41, 5.74) is 1.33. The largest absolute Gasteiger partial charge is 0.486 e. The van der Waals surface area contributed by atoms with Gasteiger partial charge in [-0.15, -0.1) is 0 Å². The van der Waals surface area contributed by atoms with Crippen LogP contribution in [0.2, 0.25) is 0 Å². The first-order chi connectivity index (χ1) is 15.4. The number of aliphatic carboxylic acids is 1. The zero-order chi connectivity index (χ0) is 22.3. The SMILES string of the molecule is O=C(O)[C@@H]1CCN(c2ccc(NS(=O)(=O)c3cccc4c3OCCO4)c3ccccc23)C1. The molecule has 2 aliphatic rings. The predicted octanol–water partition coefficient (Wildman–Crippen LogP) is 3.32. The van der Waals surface area contributed by atoms with Crippen LogP contribution in [0.4, 0.5) is 11.4 Å². The van der Waals surface area contributed by atoms with Gasteiger partial charge in [0, 0.05) is 29.5 Å². The van der Waals surface area contributed by atoms with Gasteiger partial charge >= 0.3 is 5.97 Å². The average Bonchev–Trinajstić information content (AvgIpc) is 3.29. The van der Waals surface area contributed by atoms with E-state index in [-0.39, 0.29) is 17.3 Å². The molecule has 0 bridgehead atoms. The number of rotatable bonds is 5. The highest BCUT2D eigenvalue weighted by Gasteiger charge is 2.30. The van der Waals surface area contributed by atoms with Gasteiger partial charge in [-0.2, -0.15) is 0 Å². The van der Waals surface area contributed by atoms with Crippen molar-refractivity contribution in [1.82, 2.24) is 0 Å². The van der Waals surface area contributed by atoms with E-state index in [0.29, 0.717) is 37.6 Å². The number of carboxylic acids is 1. The molecular formula is C23H22N2O6S. The van der Waals surface area contributed by atoms with Crippen molar-refractivity contribution in [2.45, 2.75) is 11.3 Å². The van der Waals surface area contributed by atoms with Crippen molar-refractivity contribution in [1.29, 1.82) is 0 Å². The number of hydrogen-bond acceptors (Lipinski definition) is 6. The number of hydrogen-bond donors (Lipinski definition) is 2. The predicted molar refractivity (Wildman–Crippen MR) is 120 cm³/mol. The summed E-state index contributed by atoms with van der Waals surface area (Å²) >= 11 is 0. The van der Waals surface area contributed by atoms with Gasteiger partial charge in [0.1, 0.15) is 18.1 Å². The van der Waals surface area contributed by atoms with Crippen molar-refractivity contribution in [2.24, 2.45) is 5.92 Å². The van der Waals surface area contributed by atoms with Crippen molar-refractivity contribution in [3.05, 3.63) is 54.6 Å². The van der Waals surface area contributed by atoms with Crippen molar-refractivity contribution in [2.75, 3.05) is 35.9 Å². The minimum Gasteiger partial charge on any atom is -0.486 e. The molecule has 2 heterocycles. The Morgan fingerprint density at radius 1 is 1.00 bits per heavy atom. The number of anilines is 2. The lowest BCUT2D eigenvalue weighted by Crippen LogP contribution is -2.23. The molecule has 0 amide bonds. The summed E-state index contributed by atoms with van der Waals surface area (Å²) in [5, 5.41) is 10.9. The Morgan fingerprint density at radius 2 is 1.78 bits per heavy atom. The molecule has 166 valence electrons. The van der Waals surface area contributed by atoms with Crippen LogP contribution in [0, 0.1) is 5.92 Å². The van der Waals surface area contributed by atoms with Crippen molar-refractivity contribution < 1.29 is 27.8 Å². The van der Waals surface area contributed by atoms with Crippen LogP contribution in [0.5, 0.6) is 11.5 Å². The maximum absolute atomic E-state index is 13.3. The lowest BCUT2D eigenvalue weighted by Gasteiger charge is -2.23. The normalized spacial score (nSPS) is 18.0. The minimum atomic E-state index is -3.94. The highest BCUT2D eigenvalue weighted by atomic mass is 32.2. The summed E-state index contributed by atoms with van der Waals surface area (Å²) in [6, 6.07) is 15.8. The third kappa shape index (κ3) is 3.58. The number of benzene rings is 3. The van der Waals surface area contributed by atoms with Crippen LogP contribution >= 0.6 is 0 Å². The zero-order valence-electron chi connectivity index (χ0n) is 17.2. The van der Waals surface area contributed by atoms with Crippen molar-refractivity contribution >= 4 is 38.1 Å². The van der Waals surface area contributed by atoms with Gasteiger partial charge in [-0.25, -0.2) is 8.42 Å². The van der Waals surface area contributed by atoms with Crippen LogP contribution in [-0.2, 0) is 14.8 Å². The van der Waals surface area contributed by atoms with Crippen LogP contribution in [0.15, 0.2) is 59.5 Å². The number of sulfonamides is 1. The molecule has 0 aromatic heterocycles. The molecule has 8 nitrogen and oxygen atoms in total. The summed E-state index contributed by atoms with van der Waals surface area (Å²) in [4.78, 5) is 13.4. The monoisotopic (exact) mass is 454 g/mol. The molecule has 1 fully saturated rings. The lowest BCUT2D eigenvalue weighted by molar-refractivity contribution is -0.140. The summed E-state index contributed by atoms with van der Waals surface area (Å²) in [6.45, 7) is 1.72. The number of ether oxygens (including phenoxy) is 2. The van der Waals surface area contributed by atoms with Gasteiger partial charge in [0.2, 0.25) is 0 Å². The Bertz CT molecular complexity index is 1310. The molecule has 0 aliphatic carbocycles. The average molecular weight is 455 g/mol. The van der Waals surface area contributed by atoms with E-state index in [1.165, 1.54) is 6.07 Å². The Morgan fingerprint density at radius 3 is 2.56 bits per heavy atom. The first-order valence-electron chi connectivity index (χ1n) is 10.3. The fraction of sp³-hybridized carbons (Fsp3) is 0.261. The number of para-hydroxylation sites is 1. The summed E-state index contributed by atoms with van der Waals surface area (Å²) in [7, 11) is -3.94. The first-order valence-corrected chi connectivity index (χ1v) is 11.8. The van der Waals surface area contributed by atoms with E-state index in [4.69, 9.17) is 9.47 Å². The second-order valence-electron chi connectivity index (χ2n) is 7.83. The van der Waals surface area contributed by atoms with E-state index in [0.717, 1.165) is 16.5 Å². The molecule has 0 saturated carbocycles. The first kappa shape index (κ1) is 20.4. The molecule has 1 atom stereocenters. The Labute approximate surface area is 185 Å². The van der Waals surface area contributed by atoms with E-state index < -0.39 is 21.9 Å². The molecule has 0 unspecified atom stereocenters. The summed E-state index contributed by atoms with van der Waals surface area (Å²) in [6.07, 6.45) is 0.583. The highest BCUT2D eigenvalue weighted by molar-refractivity contribution is 7.92. The molecule has 9 heteroatoms. The number of carbonyl (C=O) groups is 1. The van der Waals surface area contributed by atoms with Gasteiger partial charge in [-0.05, 0) is 30.7 Å². The molecule has 32 heavy (non-hydrogen) atoms. The van der Waals surface area contributed by atoms with Crippen LogP contribution in [0.3, 0.4) is 0 Å². The van der Waals surface area contributed by atoms with Gasteiger partial charge < -0.3 is 19.5 Å². The molecular weight excluding hydrogens is 432 g/mol. The van der Waals surface area contributed by atoms with Gasteiger partial charge in [-0.1, -0.05) is 30.3 Å². The number of nitrogens with zero attached hydrogens (tertiary/aromatic N) is 1. The molecule has 2 aliphatic heterocycles. The van der Waals surface area contributed by atoms with Gasteiger partial charge in [-0.3, -0.25) is 9.52 Å². The van der Waals surface area contributed by atoms with Gasteiger partial charge in [0.25, 0.3) is 10.0 Å². The van der Waals surface area contributed by atoms with Crippen LogP contribution in [-0.4, -0.2) is 45.8 Å². The third-order valence-electron chi connectivity index (χ3n) is 5.84. The van der Waals surface area contributed by atoms with E-state index in [9.17, 15) is 18.3 Å². The fourth-order valence-electron chi connectivity index (χ4n) is 4.29. The maximum atomic E-state index is 13.3. The van der Waals surface area contributed by atoms with E-state index in [2.05, 4.69) is 4.72 Å². The Balaban J connectivity index is 1.52. The molecule has 3 aromatic rings. The van der Waals surface area contributed by atoms with E-state index >= 15 is 0 Å². The van der Waals surface area contributed by atoms with E-state index in [1.807, 2.05) is 35.2 Å². The highest BCUT2D eigenvalue weighted by Crippen LogP contribution is 2.39.